The van der Waals surface area contributed by atoms with E-state index in [9.17, 15) is 43.9 Å². The first-order chi connectivity index (χ1) is 12.5. The van der Waals surface area contributed by atoms with Crippen LogP contribution in [0.15, 0.2) is 24.4 Å². The molecule has 2 aromatic rings. The highest BCUT2D eigenvalue weighted by atomic mass is 127. The maximum atomic E-state index is 14.6. The van der Waals surface area contributed by atoms with E-state index >= 15 is 0 Å². The van der Waals surface area contributed by atoms with Crippen LogP contribution in [0.25, 0.3) is 11.1 Å². The van der Waals surface area contributed by atoms with Gasteiger partial charge in [0.15, 0.2) is 0 Å². The van der Waals surface area contributed by atoms with Crippen molar-refractivity contribution < 1.29 is 43.9 Å². The van der Waals surface area contributed by atoms with Crippen LogP contribution < -0.4 is 0 Å². The first kappa shape index (κ1) is 23.0. The van der Waals surface area contributed by atoms with Crippen molar-refractivity contribution in [2.24, 2.45) is 0 Å². The molecule has 0 saturated carbocycles. The lowest BCUT2D eigenvalue weighted by Crippen LogP contribution is -2.51. The van der Waals surface area contributed by atoms with Crippen LogP contribution in [0.2, 0.25) is 5.15 Å². The van der Waals surface area contributed by atoms with Crippen LogP contribution in [0.1, 0.15) is 11.1 Å². The van der Waals surface area contributed by atoms with Gasteiger partial charge in [0, 0.05) is 32.5 Å². The van der Waals surface area contributed by atoms with Crippen molar-refractivity contribution in [2.45, 2.75) is 24.2 Å². The lowest BCUT2D eigenvalue weighted by Gasteiger charge is -2.32. The number of pyridine rings is 1. The van der Waals surface area contributed by atoms with E-state index in [1.807, 2.05) is 0 Å². The summed E-state index contributed by atoms with van der Waals surface area (Å²) in [4.78, 5) is 3.46. The molecular weight excluding hydrogens is 547 g/mol. The normalized spacial score (nSPS) is 13.7. The monoisotopic (exact) mass is 550 g/mol. The molecule has 0 aliphatic heterocycles. The molecule has 0 unspecified atom stereocenters. The van der Waals surface area contributed by atoms with Crippen molar-refractivity contribution in [1.82, 2.24) is 4.98 Å². The largest absolute Gasteiger partial charge is 0.435 e. The van der Waals surface area contributed by atoms with Crippen LogP contribution >= 0.6 is 34.2 Å². The number of benzene rings is 1. The van der Waals surface area contributed by atoms with E-state index in [2.05, 4.69) is 4.98 Å². The van der Waals surface area contributed by atoms with E-state index in [0.717, 1.165) is 34.7 Å². The fraction of sp³-hybridized carbons (Fsp3) is 0.267. The second-order valence-corrected chi connectivity index (χ2v) is 6.77. The van der Waals surface area contributed by atoms with Crippen molar-refractivity contribution in [3.05, 3.63) is 50.3 Å². The minimum Gasteiger partial charge on any atom is -0.244 e. The van der Waals surface area contributed by atoms with E-state index in [1.165, 1.54) is 0 Å². The van der Waals surface area contributed by atoms with Gasteiger partial charge in [0.25, 0.3) is 0 Å². The number of nitrogens with zero attached hydrogens (tertiary/aromatic N) is 1. The van der Waals surface area contributed by atoms with Crippen LogP contribution in [0.3, 0.4) is 0 Å². The van der Waals surface area contributed by atoms with Gasteiger partial charge in [-0.05, 0) is 40.8 Å². The molecule has 1 nitrogen and oxygen atoms in total. The molecule has 1 aromatic carbocycles. The Balaban J connectivity index is 3.00. The highest BCUT2D eigenvalue weighted by Gasteiger charge is 2.74. The van der Waals surface area contributed by atoms with Gasteiger partial charge in [0.2, 0.25) is 0 Å². The standard InChI is InChI=1S/C15H4ClF10IN/c16-10-2-1-6(5-28-10)11-8(3-7(4-9(11)27)13(18,19)20)12(17,14(21,22)23)15(24,25)26/h1-3,5H. The summed E-state index contributed by atoms with van der Waals surface area (Å²) in [6.45, 7) is 0. The summed E-state index contributed by atoms with van der Waals surface area (Å²) in [5, 5.41) is -0.200. The Bertz CT molecular complexity index is 857. The van der Waals surface area contributed by atoms with Crippen LogP contribution in [0, 0.1) is 9.64 Å². The van der Waals surface area contributed by atoms with E-state index < -0.39 is 56.1 Å². The van der Waals surface area contributed by atoms with Crippen molar-refractivity contribution in [1.29, 1.82) is 0 Å². The molecule has 0 spiro atoms. The molecule has 0 saturated heterocycles. The highest BCUT2D eigenvalue weighted by Crippen LogP contribution is 2.56. The predicted octanol–water partition coefficient (Wildman–Crippen LogP) is 7.11. The van der Waals surface area contributed by atoms with Gasteiger partial charge in [-0.2, -0.15) is 39.5 Å². The van der Waals surface area contributed by atoms with Crippen LogP contribution in [-0.4, -0.2) is 17.3 Å². The quantitative estimate of drug-likeness (QED) is 0.221. The molecule has 0 fully saturated rings. The number of rotatable bonds is 2. The number of halogens is 12. The zero-order valence-corrected chi connectivity index (χ0v) is 15.7. The first-order valence-corrected chi connectivity index (χ1v) is 8.23. The van der Waals surface area contributed by atoms with Gasteiger partial charge in [-0.25, -0.2) is 9.37 Å². The van der Waals surface area contributed by atoms with Gasteiger partial charge in [-0.1, -0.05) is 11.6 Å². The first-order valence-electron chi connectivity index (χ1n) is 6.78. The Morgan fingerprint density at radius 3 is 1.82 bits per heavy atom. The molecular formula is C15H4ClF10IN. The minimum atomic E-state index is -6.60. The topological polar surface area (TPSA) is 12.9 Å². The van der Waals surface area contributed by atoms with Gasteiger partial charge in [-0.3, -0.25) is 0 Å². The zero-order chi connectivity index (χ0) is 21.7. The van der Waals surface area contributed by atoms with Gasteiger partial charge in [-0.15, -0.1) is 0 Å². The SMILES string of the molecule is FC(F)(F)c1[c]c(I)c(-c2ccc(Cl)nc2)c(C(F)(C(F)(F)F)C(F)(F)F)c1. The third-order valence-corrected chi connectivity index (χ3v) is 4.53. The molecule has 0 atom stereocenters. The summed E-state index contributed by atoms with van der Waals surface area (Å²) in [5.41, 5.74) is -11.9. The Labute approximate surface area is 168 Å². The summed E-state index contributed by atoms with van der Waals surface area (Å²) in [5.74, 6) is 0. The summed E-state index contributed by atoms with van der Waals surface area (Å²) in [6, 6.07) is 2.96. The van der Waals surface area contributed by atoms with Crippen molar-refractivity contribution in [3.8, 4) is 11.1 Å². The summed E-state index contributed by atoms with van der Waals surface area (Å²) >= 11 is 6.54. The predicted molar refractivity (Wildman–Crippen MR) is 86.1 cm³/mol. The van der Waals surface area contributed by atoms with Gasteiger partial charge in [0.1, 0.15) is 5.15 Å². The molecule has 28 heavy (non-hydrogen) atoms. The molecule has 0 aliphatic rings. The number of hydrogen-bond donors (Lipinski definition) is 0. The van der Waals surface area contributed by atoms with E-state index in [1.54, 1.807) is 6.07 Å². The Morgan fingerprint density at radius 2 is 1.43 bits per heavy atom. The average Bonchev–Trinajstić information content (AvgIpc) is 2.51. The number of hydrogen-bond acceptors (Lipinski definition) is 1. The molecule has 2 rings (SSSR count). The molecule has 1 heterocycles. The highest BCUT2D eigenvalue weighted by molar-refractivity contribution is 14.1. The fourth-order valence-corrected chi connectivity index (χ4v) is 3.25. The molecule has 0 amide bonds. The molecule has 0 N–H and O–H groups in total. The van der Waals surface area contributed by atoms with Crippen molar-refractivity contribution in [3.63, 3.8) is 0 Å². The van der Waals surface area contributed by atoms with Crippen molar-refractivity contribution in [2.75, 3.05) is 0 Å². The average molecular weight is 551 g/mol. The van der Waals surface area contributed by atoms with Crippen LogP contribution in [0.5, 0.6) is 0 Å². The summed E-state index contributed by atoms with van der Waals surface area (Å²) in [6.07, 6.45) is -17.9. The smallest absolute Gasteiger partial charge is 0.244 e. The summed E-state index contributed by atoms with van der Waals surface area (Å²) in [7, 11) is 0. The third kappa shape index (κ3) is 4.02. The van der Waals surface area contributed by atoms with Crippen LogP contribution in [-0.2, 0) is 11.8 Å². The lowest BCUT2D eigenvalue weighted by atomic mass is 9.86. The zero-order valence-electron chi connectivity index (χ0n) is 12.8. The molecule has 0 bridgehead atoms. The minimum absolute atomic E-state index is 0.200. The molecule has 153 valence electrons. The lowest BCUT2D eigenvalue weighted by molar-refractivity contribution is -0.348. The Kier molecular flexibility index (Phi) is 5.89. The number of alkyl halides is 10. The van der Waals surface area contributed by atoms with Gasteiger partial charge in [0.05, 0.1) is 5.56 Å². The molecule has 1 radical (unpaired) electrons. The fourth-order valence-electron chi connectivity index (χ4n) is 2.25. The second kappa shape index (κ2) is 7.18. The molecule has 13 heteroatoms. The third-order valence-electron chi connectivity index (χ3n) is 3.50. The van der Waals surface area contributed by atoms with Crippen LogP contribution in [0.4, 0.5) is 43.9 Å². The van der Waals surface area contributed by atoms with Crippen molar-refractivity contribution >= 4 is 34.2 Å². The maximum Gasteiger partial charge on any atom is 0.435 e. The van der Waals surface area contributed by atoms with E-state index in [0.29, 0.717) is 6.20 Å². The summed E-state index contributed by atoms with van der Waals surface area (Å²) < 4.78 is 132. The number of aromatic nitrogens is 1. The molecule has 0 aliphatic carbocycles. The second-order valence-electron chi connectivity index (χ2n) is 5.31. The van der Waals surface area contributed by atoms with E-state index in [4.69, 9.17) is 11.6 Å². The van der Waals surface area contributed by atoms with E-state index in [-0.39, 0.29) is 5.15 Å². The Morgan fingerprint density at radius 1 is 0.893 bits per heavy atom. The van der Waals surface area contributed by atoms with Gasteiger partial charge < -0.3 is 0 Å². The molecule has 1 aromatic heterocycles. The maximum absolute atomic E-state index is 14.6. The Hall–Kier alpha value is -1.31. The van der Waals surface area contributed by atoms with Gasteiger partial charge >= 0.3 is 24.2 Å².